The van der Waals surface area contributed by atoms with E-state index < -0.39 is 0 Å². The van der Waals surface area contributed by atoms with Gasteiger partial charge in [-0.15, -0.1) is 10.2 Å². The Balaban J connectivity index is 1.09. The van der Waals surface area contributed by atoms with Gasteiger partial charge in [-0.05, 0) is 55.8 Å². The van der Waals surface area contributed by atoms with Crippen molar-refractivity contribution in [2.24, 2.45) is 5.92 Å². The summed E-state index contributed by atoms with van der Waals surface area (Å²) < 4.78 is 11.6. The van der Waals surface area contributed by atoms with Crippen molar-refractivity contribution in [2.45, 2.75) is 38.3 Å². The van der Waals surface area contributed by atoms with Crippen molar-refractivity contribution in [1.29, 1.82) is 0 Å². The molecule has 2 aliphatic heterocycles. The van der Waals surface area contributed by atoms with Gasteiger partial charge in [0.15, 0.2) is 0 Å². The van der Waals surface area contributed by atoms with E-state index in [0.717, 1.165) is 75.5 Å². The highest BCUT2D eigenvalue weighted by Gasteiger charge is 2.31. The average molecular weight is 477 g/mol. The molecule has 2 aromatic heterocycles. The Bertz CT molecular complexity index is 1110. The lowest BCUT2D eigenvalue weighted by atomic mass is 9.94. The number of aromatic nitrogens is 3. The number of carbonyl (C=O) groups excluding carboxylic acids is 1. The third-order valence-corrected chi connectivity index (χ3v) is 6.95. The molecule has 2 saturated heterocycles. The van der Waals surface area contributed by atoms with Crippen LogP contribution in [0.3, 0.4) is 0 Å². The molecule has 0 aliphatic carbocycles. The number of para-hydroxylation sites is 1. The number of likely N-dealkylation sites (tertiary alicyclic amines) is 2. The third kappa shape index (κ3) is 5.62. The topological polar surface area (TPSA) is 96.6 Å². The average Bonchev–Trinajstić information content (AvgIpc) is 3.45. The molecule has 0 atom stereocenters. The largest absolute Gasteiger partial charge is 0.489 e. The summed E-state index contributed by atoms with van der Waals surface area (Å²) in [6.45, 7) is 4.25. The summed E-state index contributed by atoms with van der Waals surface area (Å²) in [4.78, 5) is 21.9. The Hall–Kier alpha value is -3.46. The predicted octanol–water partition coefficient (Wildman–Crippen LogP) is 3.46. The van der Waals surface area contributed by atoms with E-state index in [-0.39, 0.29) is 12.0 Å². The summed E-state index contributed by atoms with van der Waals surface area (Å²) in [7, 11) is 1.88. The monoisotopic (exact) mass is 476 g/mol. The molecule has 5 rings (SSSR count). The van der Waals surface area contributed by atoms with Gasteiger partial charge in [-0.1, -0.05) is 12.1 Å². The third-order valence-electron chi connectivity index (χ3n) is 6.95. The zero-order valence-electron chi connectivity index (χ0n) is 20.1. The molecule has 0 spiro atoms. The minimum atomic E-state index is 0.0628. The molecule has 3 aromatic rings. The minimum absolute atomic E-state index is 0.0628. The number of amides is 1. The van der Waals surface area contributed by atoms with Crippen LogP contribution in [-0.4, -0.2) is 70.2 Å². The molecule has 2 fully saturated rings. The number of rotatable bonds is 7. The molecule has 0 unspecified atom stereocenters. The van der Waals surface area contributed by atoms with Gasteiger partial charge in [0, 0.05) is 51.6 Å². The standard InChI is InChI=1S/C26H32N6O3/c1-27-24-16-19(6-11-28-24)17-31-12-7-20(8-13-31)26(33)32-14-9-21(10-15-32)35-23-5-3-2-4-22(23)25-30-29-18-34-25/h2-6,11,16,18,20-21H,7-10,12-15,17H2,1H3,(H,27,28). The Kier molecular flexibility index (Phi) is 7.23. The first kappa shape index (κ1) is 23.3. The zero-order chi connectivity index (χ0) is 24.0. The van der Waals surface area contributed by atoms with E-state index in [1.807, 2.05) is 42.4 Å². The molecule has 9 nitrogen and oxygen atoms in total. The fourth-order valence-electron chi connectivity index (χ4n) is 4.97. The fraction of sp³-hybridized carbons (Fsp3) is 0.462. The van der Waals surface area contributed by atoms with Crippen molar-refractivity contribution in [3.05, 3.63) is 54.6 Å². The second-order valence-electron chi connectivity index (χ2n) is 9.23. The van der Waals surface area contributed by atoms with Crippen molar-refractivity contribution in [3.63, 3.8) is 0 Å². The van der Waals surface area contributed by atoms with E-state index >= 15 is 0 Å². The van der Waals surface area contributed by atoms with Gasteiger partial charge >= 0.3 is 0 Å². The predicted molar refractivity (Wildman–Crippen MR) is 132 cm³/mol. The van der Waals surface area contributed by atoms with Crippen LogP contribution in [0.2, 0.25) is 0 Å². The number of anilines is 1. The van der Waals surface area contributed by atoms with Crippen molar-refractivity contribution >= 4 is 11.7 Å². The number of pyridine rings is 1. The van der Waals surface area contributed by atoms with Gasteiger partial charge in [0.25, 0.3) is 5.89 Å². The number of nitrogens with one attached hydrogen (secondary N) is 1. The minimum Gasteiger partial charge on any atom is -0.489 e. The molecule has 0 bridgehead atoms. The van der Waals surface area contributed by atoms with Crippen molar-refractivity contribution in [1.82, 2.24) is 25.0 Å². The lowest BCUT2D eigenvalue weighted by molar-refractivity contribution is -0.139. The van der Waals surface area contributed by atoms with Gasteiger partial charge in [-0.3, -0.25) is 9.69 Å². The molecule has 184 valence electrons. The Morgan fingerprint density at radius 2 is 1.91 bits per heavy atom. The van der Waals surface area contributed by atoms with Gasteiger partial charge in [0.1, 0.15) is 17.7 Å². The summed E-state index contributed by atoms with van der Waals surface area (Å²) in [5.41, 5.74) is 2.04. The van der Waals surface area contributed by atoms with Gasteiger partial charge < -0.3 is 19.4 Å². The molecular formula is C26H32N6O3. The molecule has 9 heteroatoms. The van der Waals surface area contributed by atoms with E-state index in [1.165, 1.54) is 12.0 Å². The normalized spacial score (nSPS) is 17.9. The Morgan fingerprint density at radius 1 is 1.11 bits per heavy atom. The second-order valence-corrected chi connectivity index (χ2v) is 9.23. The highest BCUT2D eigenvalue weighted by atomic mass is 16.5. The van der Waals surface area contributed by atoms with E-state index in [9.17, 15) is 4.79 Å². The van der Waals surface area contributed by atoms with E-state index in [4.69, 9.17) is 9.15 Å². The van der Waals surface area contributed by atoms with Crippen molar-refractivity contribution in [3.8, 4) is 17.2 Å². The smallest absolute Gasteiger partial charge is 0.251 e. The number of carbonyl (C=O) groups is 1. The van der Waals surface area contributed by atoms with Gasteiger partial charge in [-0.25, -0.2) is 4.98 Å². The van der Waals surface area contributed by atoms with Gasteiger partial charge in [-0.2, -0.15) is 0 Å². The summed E-state index contributed by atoms with van der Waals surface area (Å²) in [5, 5.41) is 10.9. The number of hydrogen-bond acceptors (Lipinski definition) is 8. The van der Waals surface area contributed by atoms with Crippen LogP contribution in [0.1, 0.15) is 31.2 Å². The summed E-state index contributed by atoms with van der Waals surface area (Å²) in [6, 6.07) is 11.9. The van der Waals surface area contributed by atoms with Crippen molar-refractivity contribution in [2.75, 3.05) is 38.5 Å². The number of ether oxygens (including phenoxy) is 1. The van der Waals surface area contributed by atoms with E-state index in [2.05, 4.69) is 37.5 Å². The maximum Gasteiger partial charge on any atom is 0.251 e. The summed E-state index contributed by atoms with van der Waals surface area (Å²) in [5.74, 6) is 2.50. The van der Waals surface area contributed by atoms with Crippen LogP contribution < -0.4 is 10.1 Å². The molecule has 4 heterocycles. The number of piperidine rings is 2. The molecule has 1 amide bonds. The van der Waals surface area contributed by atoms with Gasteiger partial charge in [0.05, 0.1) is 5.56 Å². The van der Waals surface area contributed by atoms with Crippen LogP contribution in [0.4, 0.5) is 5.82 Å². The molecule has 0 saturated carbocycles. The Morgan fingerprint density at radius 3 is 2.66 bits per heavy atom. The zero-order valence-corrected chi connectivity index (χ0v) is 20.1. The van der Waals surface area contributed by atoms with Crippen LogP contribution in [0.15, 0.2) is 53.4 Å². The SMILES string of the molecule is CNc1cc(CN2CCC(C(=O)N3CCC(Oc4ccccc4-c4nnco4)CC3)CC2)ccn1. The van der Waals surface area contributed by atoms with E-state index in [1.54, 1.807) is 0 Å². The number of nitrogens with zero attached hydrogens (tertiary/aromatic N) is 5. The molecule has 1 aromatic carbocycles. The van der Waals surface area contributed by atoms with Crippen LogP contribution in [-0.2, 0) is 11.3 Å². The molecule has 0 radical (unpaired) electrons. The summed E-state index contributed by atoms with van der Waals surface area (Å²) in [6.07, 6.45) is 6.69. The quantitative estimate of drug-likeness (QED) is 0.554. The van der Waals surface area contributed by atoms with Gasteiger partial charge in [0.2, 0.25) is 12.3 Å². The molecule has 35 heavy (non-hydrogen) atoms. The lowest BCUT2D eigenvalue weighted by Crippen LogP contribution is -2.46. The maximum absolute atomic E-state index is 13.2. The fourth-order valence-corrected chi connectivity index (χ4v) is 4.97. The molecule has 1 N–H and O–H groups in total. The number of benzene rings is 1. The van der Waals surface area contributed by atoms with E-state index in [0.29, 0.717) is 11.8 Å². The second kappa shape index (κ2) is 10.9. The summed E-state index contributed by atoms with van der Waals surface area (Å²) >= 11 is 0. The first-order valence-electron chi connectivity index (χ1n) is 12.4. The first-order valence-corrected chi connectivity index (χ1v) is 12.4. The number of hydrogen-bond donors (Lipinski definition) is 1. The highest BCUT2D eigenvalue weighted by molar-refractivity contribution is 5.79. The Labute approximate surface area is 205 Å². The first-order chi connectivity index (χ1) is 17.2. The highest BCUT2D eigenvalue weighted by Crippen LogP contribution is 2.31. The lowest BCUT2D eigenvalue weighted by Gasteiger charge is -2.37. The molecular weight excluding hydrogens is 444 g/mol. The van der Waals surface area contributed by atoms with Crippen molar-refractivity contribution < 1.29 is 13.9 Å². The maximum atomic E-state index is 13.2. The van der Waals surface area contributed by atoms with Crippen LogP contribution in [0.25, 0.3) is 11.5 Å². The van der Waals surface area contributed by atoms with Crippen LogP contribution >= 0.6 is 0 Å². The molecule has 2 aliphatic rings. The van der Waals surface area contributed by atoms with Crippen LogP contribution in [0, 0.1) is 5.92 Å². The van der Waals surface area contributed by atoms with Crippen LogP contribution in [0.5, 0.6) is 5.75 Å².